The smallest absolute Gasteiger partial charge is 0.0542 e. The molecule has 1 aromatic carbocycles. The van der Waals surface area contributed by atoms with Crippen molar-refractivity contribution in [3.8, 4) is 0 Å². The largest absolute Gasteiger partial charge is 0.313 e. The third kappa shape index (κ3) is 3.70. The van der Waals surface area contributed by atoms with Gasteiger partial charge < -0.3 is 5.32 Å². The van der Waals surface area contributed by atoms with Crippen molar-refractivity contribution in [2.45, 2.75) is 23.8 Å². The molecule has 1 atom stereocenters. The molecule has 0 aromatic heterocycles. The van der Waals surface area contributed by atoms with Crippen molar-refractivity contribution >= 4 is 26.7 Å². The fraction of sp³-hybridized carbons (Fsp3) is 0.455. The number of halogens is 1. The SMILES string of the molecule is O=S(CCNC1CC1)c1cccc(Br)c1. The molecule has 82 valence electrons. The number of rotatable bonds is 5. The highest BCUT2D eigenvalue weighted by molar-refractivity contribution is 9.10. The molecule has 0 saturated heterocycles. The molecule has 0 amide bonds. The maximum atomic E-state index is 11.8. The Hall–Kier alpha value is -0.190. The summed E-state index contributed by atoms with van der Waals surface area (Å²) in [5.74, 6) is 0.701. The van der Waals surface area contributed by atoms with Gasteiger partial charge in [-0.2, -0.15) is 0 Å². The Morgan fingerprint density at radius 1 is 1.47 bits per heavy atom. The van der Waals surface area contributed by atoms with E-state index in [0.717, 1.165) is 15.9 Å². The Bertz CT molecular complexity index is 365. The van der Waals surface area contributed by atoms with E-state index in [4.69, 9.17) is 0 Å². The monoisotopic (exact) mass is 287 g/mol. The lowest BCUT2D eigenvalue weighted by Gasteiger charge is -2.03. The van der Waals surface area contributed by atoms with Crippen LogP contribution in [0.2, 0.25) is 0 Å². The number of hydrogen-bond donors (Lipinski definition) is 1. The first kappa shape index (κ1) is 11.3. The normalized spacial score (nSPS) is 17.7. The summed E-state index contributed by atoms with van der Waals surface area (Å²) in [6.45, 7) is 0.851. The van der Waals surface area contributed by atoms with Crippen LogP contribution < -0.4 is 5.32 Å². The summed E-state index contributed by atoms with van der Waals surface area (Å²) in [6, 6.07) is 8.41. The second kappa shape index (κ2) is 5.23. The zero-order valence-corrected chi connectivity index (χ0v) is 10.8. The van der Waals surface area contributed by atoms with E-state index < -0.39 is 10.8 Å². The number of benzene rings is 1. The number of nitrogens with one attached hydrogen (secondary N) is 1. The molecule has 1 fully saturated rings. The third-order valence-electron chi connectivity index (χ3n) is 2.36. The molecule has 1 aliphatic rings. The topological polar surface area (TPSA) is 29.1 Å². The molecule has 0 aliphatic heterocycles. The van der Waals surface area contributed by atoms with Gasteiger partial charge in [-0.3, -0.25) is 4.21 Å². The highest BCUT2D eigenvalue weighted by Gasteiger charge is 2.20. The van der Waals surface area contributed by atoms with Gasteiger partial charge >= 0.3 is 0 Å². The summed E-state index contributed by atoms with van der Waals surface area (Å²) >= 11 is 3.38. The van der Waals surface area contributed by atoms with Gasteiger partial charge in [-0.1, -0.05) is 22.0 Å². The van der Waals surface area contributed by atoms with Crippen molar-refractivity contribution in [3.05, 3.63) is 28.7 Å². The summed E-state index contributed by atoms with van der Waals surface area (Å²) < 4.78 is 12.8. The molecule has 0 bridgehead atoms. The molecule has 1 aliphatic carbocycles. The van der Waals surface area contributed by atoms with Gasteiger partial charge in [0.25, 0.3) is 0 Å². The van der Waals surface area contributed by atoms with Crippen LogP contribution in [0.4, 0.5) is 0 Å². The van der Waals surface area contributed by atoms with Crippen LogP contribution in [-0.2, 0) is 10.8 Å². The van der Waals surface area contributed by atoms with Gasteiger partial charge in [0.05, 0.1) is 10.8 Å². The van der Waals surface area contributed by atoms with Crippen molar-refractivity contribution in [1.82, 2.24) is 5.32 Å². The molecule has 1 unspecified atom stereocenters. The van der Waals surface area contributed by atoms with Gasteiger partial charge in [-0.05, 0) is 31.0 Å². The average molecular weight is 288 g/mol. The first-order valence-electron chi connectivity index (χ1n) is 5.13. The Balaban J connectivity index is 1.83. The maximum Gasteiger partial charge on any atom is 0.0542 e. The summed E-state index contributed by atoms with van der Waals surface area (Å²) in [7, 11) is -0.875. The van der Waals surface area contributed by atoms with Crippen molar-refractivity contribution < 1.29 is 4.21 Å². The van der Waals surface area contributed by atoms with Crippen LogP contribution >= 0.6 is 15.9 Å². The van der Waals surface area contributed by atoms with E-state index in [9.17, 15) is 4.21 Å². The lowest BCUT2D eigenvalue weighted by atomic mass is 10.4. The molecular formula is C11H14BrNOS. The van der Waals surface area contributed by atoms with Crippen LogP contribution in [0.3, 0.4) is 0 Å². The lowest BCUT2D eigenvalue weighted by molar-refractivity contribution is 0.672. The molecule has 15 heavy (non-hydrogen) atoms. The van der Waals surface area contributed by atoms with Crippen LogP contribution in [-0.4, -0.2) is 22.5 Å². The fourth-order valence-electron chi connectivity index (χ4n) is 1.37. The first-order valence-corrected chi connectivity index (χ1v) is 7.24. The minimum atomic E-state index is -0.875. The molecule has 4 heteroatoms. The van der Waals surface area contributed by atoms with Gasteiger partial charge in [-0.15, -0.1) is 0 Å². The molecular weight excluding hydrogens is 274 g/mol. The molecule has 0 heterocycles. The lowest BCUT2D eigenvalue weighted by Crippen LogP contribution is -2.22. The van der Waals surface area contributed by atoms with Crippen LogP contribution in [0, 0.1) is 0 Å². The van der Waals surface area contributed by atoms with Crippen LogP contribution in [0.5, 0.6) is 0 Å². The van der Waals surface area contributed by atoms with E-state index in [1.54, 1.807) is 0 Å². The van der Waals surface area contributed by atoms with Crippen molar-refractivity contribution in [2.75, 3.05) is 12.3 Å². The molecule has 0 spiro atoms. The van der Waals surface area contributed by atoms with Gasteiger partial charge in [0, 0.05) is 27.7 Å². The molecule has 1 N–H and O–H groups in total. The minimum Gasteiger partial charge on any atom is -0.313 e. The van der Waals surface area contributed by atoms with Crippen molar-refractivity contribution in [1.29, 1.82) is 0 Å². The summed E-state index contributed by atoms with van der Waals surface area (Å²) in [5, 5.41) is 3.37. The fourth-order valence-corrected chi connectivity index (χ4v) is 2.95. The Morgan fingerprint density at radius 3 is 2.93 bits per heavy atom. The zero-order chi connectivity index (χ0) is 10.7. The van der Waals surface area contributed by atoms with E-state index >= 15 is 0 Å². The Labute approximate surface area is 101 Å². The van der Waals surface area contributed by atoms with Gasteiger partial charge in [0.15, 0.2) is 0 Å². The highest BCUT2D eigenvalue weighted by atomic mass is 79.9. The predicted molar refractivity (Wildman–Crippen MR) is 66.4 cm³/mol. The molecule has 2 nitrogen and oxygen atoms in total. The molecule has 1 aromatic rings. The van der Waals surface area contributed by atoms with Crippen LogP contribution in [0.15, 0.2) is 33.6 Å². The van der Waals surface area contributed by atoms with E-state index in [2.05, 4.69) is 21.2 Å². The van der Waals surface area contributed by atoms with Crippen molar-refractivity contribution in [2.24, 2.45) is 0 Å². The summed E-state index contributed by atoms with van der Waals surface area (Å²) in [5.41, 5.74) is 0. The standard InChI is InChI=1S/C11H14BrNOS/c12-9-2-1-3-11(8-9)15(14)7-6-13-10-4-5-10/h1-3,8,10,13H,4-7H2. The first-order chi connectivity index (χ1) is 7.25. The van der Waals surface area contributed by atoms with Crippen LogP contribution in [0.25, 0.3) is 0 Å². The van der Waals surface area contributed by atoms with Gasteiger partial charge in [-0.25, -0.2) is 0 Å². The van der Waals surface area contributed by atoms with Gasteiger partial charge in [0.2, 0.25) is 0 Å². The Kier molecular flexibility index (Phi) is 3.94. The average Bonchev–Trinajstić information content (AvgIpc) is 3.01. The quantitative estimate of drug-likeness (QED) is 0.901. The summed E-state index contributed by atoms with van der Waals surface area (Å²) in [4.78, 5) is 0.905. The van der Waals surface area contributed by atoms with E-state index in [0.29, 0.717) is 11.8 Å². The van der Waals surface area contributed by atoms with E-state index in [-0.39, 0.29) is 0 Å². The van der Waals surface area contributed by atoms with E-state index in [1.807, 2.05) is 24.3 Å². The molecule has 1 saturated carbocycles. The maximum absolute atomic E-state index is 11.8. The molecule has 2 rings (SSSR count). The predicted octanol–water partition coefficient (Wildman–Crippen LogP) is 2.31. The van der Waals surface area contributed by atoms with E-state index in [1.165, 1.54) is 12.8 Å². The number of hydrogen-bond acceptors (Lipinski definition) is 2. The van der Waals surface area contributed by atoms with Gasteiger partial charge in [0.1, 0.15) is 0 Å². The van der Waals surface area contributed by atoms with Crippen LogP contribution in [0.1, 0.15) is 12.8 Å². The minimum absolute atomic E-state index is 0.699. The molecule has 0 radical (unpaired) electrons. The van der Waals surface area contributed by atoms with Crippen molar-refractivity contribution in [3.63, 3.8) is 0 Å². The second-order valence-corrected chi connectivity index (χ2v) is 6.22. The summed E-state index contributed by atoms with van der Waals surface area (Å²) in [6.07, 6.45) is 2.56. The zero-order valence-electron chi connectivity index (χ0n) is 8.41. The third-order valence-corrected chi connectivity index (χ3v) is 4.20. The highest BCUT2D eigenvalue weighted by Crippen LogP contribution is 2.18. The Morgan fingerprint density at radius 2 is 2.27 bits per heavy atom. The second-order valence-electron chi connectivity index (χ2n) is 3.74.